The Morgan fingerprint density at radius 2 is 2.04 bits per heavy atom. The summed E-state index contributed by atoms with van der Waals surface area (Å²) in [5.74, 6) is -0.497. The molecule has 2 rings (SSSR count). The second-order valence-electron chi connectivity index (χ2n) is 4.63. The summed E-state index contributed by atoms with van der Waals surface area (Å²) in [7, 11) is 1.30. The Morgan fingerprint density at radius 3 is 2.70 bits per heavy atom. The molecule has 120 valence electrons. The minimum Gasteiger partial charge on any atom is -0.465 e. The van der Waals surface area contributed by atoms with Crippen LogP contribution >= 0.6 is 11.3 Å². The number of anilines is 1. The van der Waals surface area contributed by atoms with Crippen molar-refractivity contribution in [2.45, 2.75) is 13.0 Å². The highest BCUT2D eigenvalue weighted by molar-refractivity contribution is 7.14. The Bertz CT molecular complexity index is 694. The zero-order chi connectivity index (χ0) is 16.7. The minimum absolute atomic E-state index is 0.157. The van der Waals surface area contributed by atoms with E-state index in [0.717, 1.165) is 10.4 Å². The minimum atomic E-state index is -0.623. The van der Waals surface area contributed by atoms with E-state index in [9.17, 15) is 9.59 Å². The molecule has 1 heterocycles. The van der Waals surface area contributed by atoms with E-state index in [1.165, 1.54) is 18.4 Å². The average Bonchev–Trinajstić information content (AvgIpc) is 2.96. The quantitative estimate of drug-likeness (QED) is 0.641. The maximum absolute atomic E-state index is 11.9. The molecule has 0 saturated heterocycles. The van der Waals surface area contributed by atoms with Gasteiger partial charge in [-0.3, -0.25) is 5.32 Å². The molecule has 0 unspecified atom stereocenters. The summed E-state index contributed by atoms with van der Waals surface area (Å²) in [6.07, 6.45) is 1.71. The third-order valence-corrected chi connectivity index (χ3v) is 4.09. The van der Waals surface area contributed by atoms with Crippen molar-refractivity contribution in [2.75, 3.05) is 12.4 Å². The average molecular weight is 331 g/mol. The topological polar surface area (TPSA) is 64.6 Å². The van der Waals surface area contributed by atoms with Crippen molar-refractivity contribution in [3.05, 3.63) is 64.4 Å². The molecule has 0 fully saturated rings. The van der Waals surface area contributed by atoms with Gasteiger partial charge in [0.25, 0.3) is 0 Å². The van der Waals surface area contributed by atoms with E-state index >= 15 is 0 Å². The second kappa shape index (κ2) is 8.14. The molecule has 0 aliphatic heterocycles. The fourth-order valence-electron chi connectivity index (χ4n) is 1.89. The molecule has 1 amide bonds. The van der Waals surface area contributed by atoms with Crippen LogP contribution < -0.4 is 5.32 Å². The maximum Gasteiger partial charge on any atom is 0.412 e. The van der Waals surface area contributed by atoms with Gasteiger partial charge in [0.05, 0.1) is 12.8 Å². The van der Waals surface area contributed by atoms with Crippen molar-refractivity contribution >= 4 is 29.1 Å². The third kappa shape index (κ3) is 4.69. The van der Waals surface area contributed by atoms with Crippen LogP contribution in [0.1, 0.15) is 20.1 Å². The number of hydrogen-bond donors (Lipinski definition) is 1. The first-order valence-corrected chi connectivity index (χ1v) is 7.75. The number of esters is 1. The van der Waals surface area contributed by atoms with Gasteiger partial charge in [0.2, 0.25) is 0 Å². The molecule has 1 aromatic heterocycles. The van der Waals surface area contributed by atoms with E-state index in [-0.39, 0.29) is 6.61 Å². The largest absolute Gasteiger partial charge is 0.465 e. The highest BCUT2D eigenvalue weighted by Crippen LogP contribution is 2.28. The van der Waals surface area contributed by atoms with Crippen LogP contribution in [-0.2, 0) is 22.5 Å². The van der Waals surface area contributed by atoms with Gasteiger partial charge in [-0.05, 0) is 18.1 Å². The molecule has 23 heavy (non-hydrogen) atoms. The summed E-state index contributed by atoms with van der Waals surface area (Å²) < 4.78 is 9.88. The first-order valence-electron chi connectivity index (χ1n) is 6.93. The van der Waals surface area contributed by atoms with Gasteiger partial charge in [-0.1, -0.05) is 36.4 Å². The lowest BCUT2D eigenvalue weighted by Crippen LogP contribution is -2.15. The SMILES string of the molecule is C=CCc1cc(NC(=O)OCc2ccccc2)c(C(=O)OC)s1. The van der Waals surface area contributed by atoms with Gasteiger partial charge in [0.15, 0.2) is 0 Å². The third-order valence-electron chi connectivity index (χ3n) is 2.95. The van der Waals surface area contributed by atoms with Crippen molar-refractivity contribution in [2.24, 2.45) is 0 Å². The van der Waals surface area contributed by atoms with E-state index in [1.807, 2.05) is 30.3 Å². The number of benzene rings is 1. The van der Waals surface area contributed by atoms with Gasteiger partial charge >= 0.3 is 12.1 Å². The van der Waals surface area contributed by atoms with Crippen LogP contribution in [0.5, 0.6) is 0 Å². The Morgan fingerprint density at radius 1 is 1.30 bits per heavy atom. The van der Waals surface area contributed by atoms with E-state index in [1.54, 1.807) is 12.1 Å². The molecular formula is C17H17NO4S. The van der Waals surface area contributed by atoms with E-state index in [0.29, 0.717) is 17.0 Å². The molecule has 0 aliphatic rings. The van der Waals surface area contributed by atoms with E-state index < -0.39 is 12.1 Å². The number of hydrogen-bond acceptors (Lipinski definition) is 5. The molecule has 1 N–H and O–H groups in total. The van der Waals surface area contributed by atoms with E-state index in [2.05, 4.69) is 11.9 Å². The van der Waals surface area contributed by atoms with Crippen molar-refractivity contribution < 1.29 is 19.1 Å². The fourth-order valence-corrected chi connectivity index (χ4v) is 2.92. The van der Waals surface area contributed by atoms with Crippen molar-refractivity contribution in [3.8, 4) is 0 Å². The fraction of sp³-hybridized carbons (Fsp3) is 0.176. The molecule has 0 atom stereocenters. The second-order valence-corrected chi connectivity index (χ2v) is 5.76. The molecule has 0 saturated carbocycles. The molecular weight excluding hydrogens is 314 g/mol. The van der Waals surface area contributed by atoms with Gasteiger partial charge < -0.3 is 9.47 Å². The first-order chi connectivity index (χ1) is 11.1. The van der Waals surface area contributed by atoms with Crippen molar-refractivity contribution in [1.29, 1.82) is 0 Å². The molecule has 6 heteroatoms. The zero-order valence-electron chi connectivity index (χ0n) is 12.7. The van der Waals surface area contributed by atoms with E-state index in [4.69, 9.17) is 9.47 Å². The standard InChI is InChI=1S/C17H17NO4S/c1-3-7-13-10-14(15(23-13)16(19)21-2)18-17(20)22-11-12-8-5-4-6-9-12/h3-6,8-10H,1,7,11H2,2H3,(H,18,20). The van der Waals surface area contributed by atoms with Crippen LogP contribution in [0, 0.1) is 0 Å². The van der Waals surface area contributed by atoms with Gasteiger partial charge in [-0.25, -0.2) is 9.59 Å². The lowest BCUT2D eigenvalue weighted by atomic mass is 10.2. The number of nitrogens with one attached hydrogen (secondary N) is 1. The van der Waals surface area contributed by atoms with Crippen molar-refractivity contribution in [3.63, 3.8) is 0 Å². The lowest BCUT2D eigenvalue weighted by Gasteiger charge is -2.07. The molecule has 5 nitrogen and oxygen atoms in total. The lowest BCUT2D eigenvalue weighted by molar-refractivity contribution is 0.0607. The first kappa shape index (κ1) is 16.8. The molecule has 0 spiro atoms. The van der Waals surface area contributed by atoms with Crippen molar-refractivity contribution in [1.82, 2.24) is 0 Å². The molecule has 2 aromatic rings. The monoisotopic (exact) mass is 331 g/mol. The zero-order valence-corrected chi connectivity index (χ0v) is 13.5. The van der Waals surface area contributed by atoms with Gasteiger partial charge in [0.1, 0.15) is 11.5 Å². The predicted molar refractivity (Wildman–Crippen MR) is 89.8 cm³/mol. The summed E-state index contributed by atoms with van der Waals surface area (Å²) in [4.78, 5) is 24.9. The summed E-state index contributed by atoms with van der Waals surface area (Å²) in [6, 6.07) is 11.1. The van der Waals surface area contributed by atoms with Crippen LogP contribution in [0.2, 0.25) is 0 Å². The Balaban J connectivity index is 2.04. The highest BCUT2D eigenvalue weighted by Gasteiger charge is 2.18. The molecule has 0 radical (unpaired) electrons. The summed E-state index contributed by atoms with van der Waals surface area (Å²) in [6.45, 7) is 3.82. The van der Waals surface area contributed by atoms with Crippen LogP contribution in [-0.4, -0.2) is 19.2 Å². The Kier molecular flexibility index (Phi) is 5.94. The van der Waals surface area contributed by atoms with Gasteiger partial charge in [-0.2, -0.15) is 0 Å². The summed E-state index contributed by atoms with van der Waals surface area (Å²) in [5, 5.41) is 2.59. The number of carbonyl (C=O) groups excluding carboxylic acids is 2. The number of allylic oxidation sites excluding steroid dienone is 1. The number of rotatable bonds is 6. The predicted octanol–water partition coefficient (Wildman–Crippen LogP) is 4.01. The van der Waals surface area contributed by atoms with Crippen LogP contribution in [0.25, 0.3) is 0 Å². The normalized spacial score (nSPS) is 9.96. The Labute approximate surface area is 138 Å². The number of methoxy groups -OCH3 is 1. The number of carbonyl (C=O) groups is 2. The number of thiophene rings is 1. The molecule has 1 aromatic carbocycles. The van der Waals surface area contributed by atoms with Crippen LogP contribution in [0.15, 0.2) is 49.1 Å². The molecule has 0 bridgehead atoms. The smallest absolute Gasteiger partial charge is 0.412 e. The summed E-state index contributed by atoms with van der Waals surface area (Å²) in [5.41, 5.74) is 1.27. The number of ether oxygens (including phenoxy) is 2. The highest BCUT2D eigenvalue weighted by atomic mass is 32.1. The number of amides is 1. The maximum atomic E-state index is 11.9. The Hall–Kier alpha value is -2.60. The van der Waals surface area contributed by atoms with Crippen LogP contribution in [0.3, 0.4) is 0 Å². The van der Waals surface area contributed by atoms with Gasteiger partial charge in [-0.15, -0.1) is 17.9 Å². The van der Waals surface area contributed by atoms with Crippen LogP contribution in [0.4, 0.5) is 10.5 Å². The summed E-state index contributed by atoms with van der Waals surface area (Å²) >= 11 is 1.26. The van der Waals surface area contributed by atoms with Gasteiger partial charge in [0, 0.05) is 4.88 Å². The molecule has 0 aliphatic carbocycles.